The molecule has 0 amide bonds. The highest BCUT2D eigenvalue weighted by Crippen LogP contribution is 2.25. The number of halogens is 1. The predicted octanol–water partition coefficient (Wildman–Crippen LogP) is 6.05. The molecule has 0 aliphatic carbocycles. The average Bonchev–Trinajstić information content (AvgIpc) is 2.53. The van der Waals surface area contributed by atoms with Crippen molar-refractivity contribution in [3.8, 4) is 0 Å². The Morgan fingerprint density at radius 1 is 0.955 bits per heavy atom. The van der Waals surface area contributed by atoms with Crippen molar-refractivity contribution in [2.75, 3.05) is 5.33 Å². The van der Waals surface area contributed by atoms with Crippen molar-refractivity contribution in [2.24, 2.45) is 17.8 Å². The summed E-state index contributed by atoms with van der Waals surface area (Å²) in [5.74, 6) is 1.55. The lowest BCUT2D eigenvalue weighted by molar-refractivity contribution is 0.390. The summed E-state index contributed by atoms with van der Waals surface area (Å²) in [4.78, 5) is 0. The fourth-order valence-corrected chi connectivity index (χ4v) is 2.63. The Bertz CT molecular complexity index is 632. The van der Waals surface area contributed by atoms with Gasteiger partial charge in [0.15, 0.2) is 0 Å². The van der Waals surface area contributed by atoms with Crippen LogP contribution in [-0.2, 0) is 0 Å². The minimum Gasteiger partial charge on any atom is -0.0925 e. The maximum Gasteiger partial charge on any atom is 0.00601 e. The summed E-state index contributed by atoms with van der Waals surface area (Å²) < 4.78 is 0. The molecule has 3 unspecified atom stereocenters. The van der Waals surface area contributed by atoms with E-state index in [1.54, 1.807) is 0 Å². The molecule has 3 atom stereocenters. The lowest BCUT2D eigenvalue weighted by atomic mass is 9.87. The highest BCUT2D eigenvalue weighted by atomic mass is 79.9. The second-order valence-electron chi connectivity index (χ2n) is 5.11. The van der Waals surface area contributed by atoms with Crippen LogP contribution < -0.4 is 0 Å². The lowest BCUT2D eigenvalue weighted by Gasteiger charge is -2.20. The average molecular weight is 355 g/mol. The molecule has 0 fully saturated rings. The van der Waals surface area contributed by atoms with Crippen LogP contribution in [0.5, 0.6) is 0 Å². The molecule has 0 saturated carbocycles. The first kappa shape index (κ1) is 20.2. The van der Waals surface area contributed by atoms with Crippen molar-refractivity contribution >= 4 is 15.9 Å². The Morgan fingerprint density at radius 3 is 2.05 bits per heavy atom. The highest BCUT2D eigenvalue weighted by molar-refractivity contribution is 9.09. The van der Waals surface area contributed by atoms with Crippen LogP contribution in [-0.4, -0.2) is 5.33 Å². The number of hydrogen-bond acceptors (Lipinski definition) is 0. The van der Waals surface area contributed by atoms with Crippen LogP contribution in [0.4, 0.5) is 0 Å². The molecule has 0 aromatic rings. The van der Waals surface area contributed by atoms with Gasteiger partial charge in [-0.25, -0.2) is 0 Å². The maximum atomic E-state index is 3.63. The zero-order valence-corrected chi connectivity index (χ0v) is 15.1. The Balaban J connectivity index is 4.83. The summed E-state index contributed by atoms with van der Waals surface area (Å²) in [5.41, 5.74) is 21.9. The zero-order chi connectivity index (χ0) is 16.6. The highest BCUT2D eigenvalue weighted by Gasteiger charge is 2.14. The van der Waals surface area contributed by atoms with Gasteiger partial charge in [-0.15, -0.1) is 0 Å². The van der Waals surface area contributed by atoms with Crippen LogP contribution in [0.3, 0.4) is 0 Å². The van der Waals surface area contributed by atoms with E-state index in [2.05, 4.69) is 94.9 Å². The Labute approximate surface area is 143 Å². The summed E-state index contributed by atoms with van der Waals surface area (Å²) in [5, 5.41) is 0.994. The van der Waals surface area contributed by atoms with Crippen molar-refractivity contribution in [1.29, 1.82) is 0 Å². The van der Waals surface area contributed by atoms with E-state index in [0.717, 1.165) is 24.6 Å². The first-order valence-electron chi connectivity index (χ1n) is 7.45. The maximum absolute atomic E-state index is 3.63. The number of hydrogen-bond donors (Lipinski definition) is 0. The summed E-state index contributed by atoms with van der Waals surface area (Å²) in [6, 6.07) is 0. The molecular weight excluding hydrogens is 332 g/mol. The molecule has 0 heterocycles. The van der Waals surface area contributed by atoms with E-state index in [4.69, 9.17) is 0 Å². The van der Waals surface area contributed by atoms with E-state index in [0.29, 0.717) is 17.8 Å². The van der Waals surface area contributed by atoms with Crippen molar-refractivity contribution < 1.29 is 0 Å². The molecule has 1 heteroatoms. The number of allylic oxidation sites excluding steroid dienone is 2. The van der Waals surface area contributed by atoms with Crippen molar-refractivity contribution in [3.05, 3.63) is 71.2 Å². The van der Waals surface area contributed by atoms with Crippen LogP contribution in [0.1, 0.15) is 33.1 Å². The third kappa shape index (κ3) is 10.9. The molecule has 0 rings (SSSR count). The van der Waals surface area contributed by atoms with Crippen LogP contribution in [0.25, 0.3) is 0 Å². The van der Waals surface area contributed by atoms with Gasteiger partial charge in [-0.1, -0.05) is 52.7 Å². The molecule has 0 bridgehead atoms. The van der Waals surface area contributed by atoms with Gasteiger partial charge >= 0.3 is 0 Å². The standard InChI is InChI=1S/C21H23Br/c1-5-8-10-12-14-19(4)16-21(18-22)17-20(7-3)15-13-11-9-6-2/h14-15,19-21H,1-2,7,16-18H2,3-4H3. The largest absolute Gasteiger partial charge is 0.0925 e. The Kier molecular flexibility index (Phi) is 13.0. The molecule has 0 aromatic heterocycles. The molecule has 0 radical (unpaired) electrons. The SMILES string of the molecule is C=C=C=C=C=CC(C)CC(CBr)CC(C=C=C=C=C=C)CC. The van der Waals surface area contributed by atoms with E-state index in [1.165, 1.54) is 0 Å². The normalized spacial score (nSPS) is 12.3. The minimum atomic E-state index is 0.447. The van der Waals surface area contributed by atoms with Crippen LogP contribution in [0.2, 0.25) is 0 Å². The Hall–Kier alpha value is -1.80. The second kappa shape index (κ2) is 14.2. The third-order valence-corrected chi connectivity index (χ3v) is 4.13. The molecule has 0 aliphatic heterocycles. The predicted molar refractivity (Wildman–Crippen MR) is 98.0 cm³/mol. The minimum absolute atomic E-state index is 0.447. The molecule has 114 valence electrons. The van der Waals surface area contributed by atoms with Crippen molar-refractivity contribution in [3.63, 3.8) is 0 Å². The molecule has 0 spiro atoms. The van der Waals surface area contributed by atoms with E-state index in [9.17, 15) is 0 Å². The molecule has 0 aromatic carbocycles. The van der Waals surface area contributed by atoms with E-state index < -0.39 is 0 Å². The first-order chi connectivity index (χ1) is 10.7. The van der Waals surface area contributed by atoms with E-state index in [1.807, 2.05) is 6.08 Å². The monoisotopic (exact) mass is 354 g/mol. The van der Waals surface area contributed by atoms with Gasteiger partial charge in [0.25, 0.3) is 0 Å². The molecule has 0 nitrogen and oxygen atoms in total. The van der Waals surface area contributed by atoms with Crippen LogP contribution in [0, 0.1) is 17.8 Å². The van der Waals surface area contributed by atoms with Gasteiger partial charge in [-0.3, -0.25) is 0 Å². The molecule has 0 saturated heterocycles. The van der Waals surface area contributed by atoms with Crippen molar-refractivity contribution in [2.45, 2.75) is 33.1 Å². The lowest BCUT2D eigenvalue weighted by Crippen LogP contribution is -2.11. The van der Waals surface area contributed by atoms with Gasteiger partial charge in [-0.05, 0) is 85.3 Å². The summed E-state index contributed by atoms with van der Waals surface area (Å²) in [6.07, 6.45) is 7.41. The molecule has 22 heavy (non-hydrogen) atoms. The van der Waals surface area contributed by atoms with E-state index in [-0.39, 0.29) is 0 Å². The number of alkyl halides is 1. The van der Waals surface area contributed by atoms with E-state index >= 15 is 0 Å². The van der Waals surface area contributed by atoms with Gasteiger partial charge in [-0.2, -0.15) is 0 Å². The zero-order valence-electron chi connectivity index (χ0n) is 13.5. The molecule has 0 aliphatic rings. The quantitative estimate of drug-likeness (QED) is 0.367. The fourth-order valence-electron chi connectivity index (χ4n) is 2.10. The summed E-state index contributed by atoms with van der Waals surface area (Å²) in [6.45, 7) is 11.3. The fraction of sp³-hybridized carbons (Fsp3) is 0.429. The molecule has 0 N–H and O–H groups in total. The number of rotatable bonds is 8. The summed E-state index contributed by atoms with van der Waals surface area (Å²) in [7, 11) is 0. The second-order valence-corrected chi connectivity index (χ2v) is 5.76. The molecular formula is C21H23Br. The van der Waals surface area contributed by atoms with Gasteiger partial charge in [0.2, 0.25) is 0 Å². The van der Waals surface area contributed by atoms with Crippen LogP contribution in [0.15, 0.2) is 71.2 Å². The topological polar surface area (TPSA) is 0 Å². The van der Waals surface area contributed by atoms with Gasteiger partial charge in [0, 0.05) is 5.33 Å². The van der Waals surface area contributed by atoms with Crippen molar-refractivity contribution in [1.82, 2.24) is 0 Å². The third-order valence-electron chi connectivity index (χ3n) is 3.22. The van der Waals surface area contributed by atoms with Gasteiger partial charge in [0.1, 0.15) is 0 Å². The van der Waals surface area contributed by atoms with Crippen LogP contribution >= 0.6 is 15.9 Å². The van der Waals surface area contributed by atoms with Gasteiger partial charge in [0.05, 0.1) is 0 Å². The Morgan fingerprint density at radius 2 is 1.55 bits per heavy atom. The van der Waals surface area contributed by atoms with Gasteiger partial charge < -0.3 is 0 Å². The summed E-state index contributed by atoms with van der Waals surface area (Å²) >= 11 is 3.63. The smallest absolute Gasteiger partial charge is 0.00601 e. The first-order valence-corrected chi connectivity index (χ1v) is 8.57.